The van der Waals surface area contributed by atoms with Gasteiger partial charge in [-0.3, -0.25) is 0 Å². The van der Waals surface area contributed by atoms with E-state index in [1.165, 1.54) is 0 Å². The van der Waals surface area contributed by atoms with Crippen LogP contribution in [0.3, 0.4) is 0 Å². The van der Waals surface area contributed by atoms with Crippen molar-refractivity contribution in [3.8, 4) is 0 Å². The predicted octanol–water partition coefficient (Wildman–Crippen LogP) is 5.22. The molecule has 0 aliphatic carbocycles. The second-order valence-electron chi connectivity index (χ2n) is 6.88. The molecule has 1 N–H and O–H groups in total. The van der Waals surface area contributed by atoms with Crippen LogP contribution in [-0.2, 0) is 10.0 Å². The zero-order valence-electron chi connectivity index (χ0n) is 15.2. The molecule has 0 bridgehead atoms. The van der Waals surface area contributed by atoms with Crippen molar-refractivity contribution in [2.24, 2.45) is 0 Å². The van der Waals surface area contributed by atoms with Gasteiger partial charge in [0.05, 0.1) is 11.2 Å². The van der Waals surface area contributed by atoms with E-state index in [0.717, 1.165) is 41.5 Å². The molecule has 1 aliphatic heterocycles. The van der Waals surface area contributed by atoms with Crippen LogP contribution in [-0.4, -0.2) is 20.5 Å². The SMILES string of the molecule is CCCC[C@@]1(CC)CN(c2ccccc2)c2ccc(Br)cc2S(=O)(=O)N1. The minimum Gasteiger partial charge on any atom is -0.338 e. The number of benzene rings is 2. The van der Waals surface area contributed by atoms with Gasteiger partial charge in [0.25, 0.3) is 0 Å². The quantitative estimate of drug-likeness (QED) is 0.698. The maximum absolute atomic E-state index is 13.2. The summed E-state index contributed by atoms with van der Waals surface area (Å²) in [6.45, 7) is 4.81. The van der Waals surface area contributed by atoms with Gasteiger partial charge in [-0.2, -0.15) is 0 Å². The highest BCUT2D eigenvalue weighted by atomic mass is 79.9. The molecule has 0 fully saturated rings. The number of rotatable bonds is 5. The van der Waals surface area contributed by atoms with E-state index in [2.05, 4.69) is 39.4 Å². The first-order valence-corrected chi connectivity index (χ1v) is 11.3. The number of nitrogens with zero attached hydrogens (tertiary/aromatic N) is 1. The molecule has 3 rings (SSSR count). The molecule has 0 unspecified atom stereocenters. The van der Waals surface area contributed by atoms with E-state index in [4.69, 9.17) is 0 Å². The van der Waals surface area contributed by atoms with Crippen molar-refractivity contribution < 1.29 is 8.42 Å². The van der Waals surface area contributed by atoms with Crippen LogP contribution in [0.15, 0.2) is 57.9 Å². The van der Waals surface area contributed by atoms with E-state index in [1.807, 2.05) is 42.5 Å². The molecule has 1 atom stereocenters. The zero-order valence-corrected chi connectivity index (χ0v) is 17.6. The van der Waals surface area contributed by atoms with E-state index < -0.39 is 15.6 Å². The first kappa shape index (κ1) is 19.4. The van der Waals surface area contributed by atoms with Gasteiger partial charge in [-0.1, -0.05) is 60.8 Å². The smallest absolute Gasteiger partial charge is 0.243 e. The van der Waals surface area contributed by atoms with Crippen molar-refractivity contribution in [3.63, 3.8) is 0 Å². The summed E-state index contributed by atoms with van der Waals surface area (Å²) in [6, 6.07) is 15.5. The minimum absolute atomic E-state index is 0.322. The summed E-state index contributed by atoms with van der Waals surface area (Å²) in [5.41, 5.74) is 1.24. The third-order valence-corrected chi connectivity index (χ3v) is 7.17. The molecule has 26 heavy (non-hydrogen) atoms. The van der Waals surface area contributed by atoms with Crippen molar-refractivity contribution in [2.75, 3.05) is 11.4 Å². The molecule has 0 radical (unpaired) electrons. The predicted molar refractivity (Wildman–Crippen MR) is 110 cm³/mol. The average Bonchev–Trinajstić information content (AvgIpc) is 2.74. The van der Waals surface area contributed by atoms with Crippen LogP contribution < -0.4 is 9.62 Å². The molecular formula is C20H25BrN2O2S. The Kier molecular flexibility index (Phi) is 5.75. The summed E-state index contributed by atoms with van der Waals surface area (Å²) >= 11 is 3.42. The average molecular weight is 437 g/mol. The standard InChI is InChI=1S/C20H25BrN2O2S/c1-3-5-13-20(4-2)15-23(17-9-7-6-8-10-17)18-12-11-16(21)14-19(18)26(24,25)22-20/h6-12,14,22H,3-5,13,15H2,1-2H3/t20-/m0/s1. The summed E-state index contributed by atoms with van der Waals surface area (Å²) in [7, 11) is -3.61. The molecule has 2 aromatic rings. The van der Waals surface area contributed by atoms with E-state index in [9.17, 15) is 8.42 Å². The van der Waals surface area contributed by atoms with Gasteiger partial charge in [0.1, 0.15) is 4.90 Å². The van der Waals surface area contributed by atoms with Crippen molar-refractivity contribution >= 4 is 37.3 Å². The van der Waals surface area contributed by atoms with Crippen LogP contribution in [0.5, 0.6) is 0 Å². The highest BCUT2D eigenvalue weighted by molar-refractivity contribution is 9.10. The fourth-order valence-corrected chi connectivity index (χ4v) is 5.77. The lowest BCUT2D eigenvalue weighted by atomic mass is 9.90. The Bertz CT molecular complexity index is 871. The molecule has 2 aromatic carbocycles. The molecule has 140 valence electrons. The molecule has 0 spiro atoms. The summed E-state index contributed by atoms with van der Waals surface area (Å²) in [5, 5.41) is 0. The second-order valence-corrected chi connectivity index (χ2v) is 9.44. The Morgan fingerprint density at radius 2 is 1.88 bits per heavy atom. The Morgan fingerprint density at radius 3 is 2.54 bits per heavy atom. The number of sulfonamides is 1. The number of fused-ring (bicyclic) bond motifs is 1. The van der Waals surface area contributed by atoms with E-state index in [0.29, 0.717) is 11.4 Å². The number of nitrogens with one attached hydrogen (secondary N) is 1. The summed E-state index contributed by atoms with van der Waals surface area (Å²) in [5.74, 6) is 0. The molecule has 1 heterocycles. The fraction of sp³-hybridized carbons (Fsp3) is 0.400. The van der Waals surface area contributed by atoms with Gasteiger partial charge in [0.2, 0.25) is 10.0 Å². The van der Waals surface area contributed by atoms with Crippen LogP contribution in [0.2, 0.25) is 0 Å². The maximum atomic E-state index is 13.2. The molecule has 0 saturated heterocycles. The molecule has 0 saturated carbocycles. The summed E-state index contributed by atoms with van der Waals surface area (Å²) < 4.78 is 30.2. The van der Waals surface area contributed by atoms with Crippen LogP contribution in [0.4, 0.5) is 11.4 Å². The van der Waals surface area contributed by atoms with Gasteiger partial charge in [0, 0.05) is 16.7 Å². The first-order valence-electron chi connectivity index (χ1n) is 9.07. The van der Waals surface area contributed by atoms with Crippen molar-refractivity contribution in [3.05, 3.63) is 53.0 Å². The molecule has 6 heteroatoms. The lowest BCUT2D eigenvalue weighted by Crippen LogP contribution is -2.52. The molecule has 4 nitrogen and oxygen atoms in total. The number of hydrogen-bond donors (Lipinski definition) is 1. The lowest BCUT2D eigenvalue weighted by molar-refractivity contribution is 0.341. The highest BCUT2D eigenvalue weighted by Crippen LogP contribution is 2.39. The second kappa shape index (κ2) is 7.71. The molecule has 0 amide bonds. The van der Waals surface area contributed by atoms with E-state index in [-0.39, 0.29) is 0 Å². The number of para-hydroxylation sites is 1. The highest BCUT2D eigenvalue weighted by Gasteiger charge is 2.40. The van der Waals surface area contributed by atoms with Crippen LogP contribution >= 0.6 is 15.9 Å². The Morgan fingerprint density at radius 1 is 1.15 bits per heavy atom. The van der Waals surface area contributed by atoms with Crippen LogP contribution in [0, 0.1) is 0 Å². The lowest BCUT2D eigenvalue weighted by Gasteiger charge is -2.36. The number of hydrogen-bond acceptors (Lipinski definition) is 3. The normalized spacial score (nSPS) is 21.9. The monoisotopic (exact) mass is 436 g/mol. The van der Waals surface area contributed by atoms with E-state index >= 15 is 0 Å². The number of halogens is 1. The Balaban J connectivity index is 2.20. The minimum atomic E-state index is -3.61. The van der Waals surface area contributed by atoms with Gasteiger partial charge in [-0.05, 0) is 43.2 Å². The fourth-order valence-electron chi connectivity index (χ4n) is 3.53. The Hall–Kier alpha value is -1.37. The molecule has 0 aromatic heterocycles. The largest absolute Gasteiger partial charge is 0.338 e. The third kappa shape index (κ3) is 3.82. The van der Waals surface area contributed by atoms with Gasteiger partial charge < -0.3 is 4.90 Å². The van der Waals surface area contributed by atoms with Crippen molar-refractivity contribution in [1.29, 1.82) is 0 Å². The van der Waals surface area contributed by atoms with Gasteiger partial charge in [-0.25, -0.2) is 13.1 Å². The zero-order chi connectivity index (χ0) is 18.8. The first-order chi connectivity index (χ1) is 12.4. The Labute approximate surface area is 164 Å². The van der Waals surface area contributed by atoms with Gasteiger partial charge in [-0.15, -0.1) is 0 Å². The van der Waals surface area contributed by atoms with Gasteiger partial charge in [0.15, 0.2) is 0 Å². The van der Waals surface area contributed by atoms with Gasteiger partial charge >= 0.3 is 0 Å². The van der Waals surface area contributed by atoms with E-state index in [1.54, 1.807) is 6.07 Å². The summed E-state index contributed by atoms with van der Waals surface area (Å²) in [6.07, 6.45) is 3.58. The maximum Gasteiger partial charge on any atom is 0.243 e. The number of anilines is 2. The molecular weight excluding hydrogens is 412 g/mol. The van der Waals surface area contributed by atoms with Crippen molar-refractivity contribution in [2.45, 2.75) is 50.0 Å². The van der Waals surface area contributed by atoms with Crippen LogP contribution in [0.1, 0.15) is 39.5 Å². The molecule has 1 aliphatic rings. The summed E-state index contributed by atoms with van der Waals surface area (Å²) in [4.78, 5) is 2.46. The third-order valence-electron chi connectivity index (χ3n) is 5.07. The van der Waals surface area contributed by atoms with Crippen molar-refractivity contribution in [1.82, 2.24) is 4.72 Å². The van der Waals surface area contributed by atoms with Crippen LogP contribution in [0.25, 0.3) is 0 Å². The number of unbranched alkanes of at least 4 members (excludes halogenated alkanes) is 1. The topological polar surface area (TPSA) is 49.4 Å².